The standard InChI is InChI=1S/C25H23ClN4O2S/c26-21-9-8-20(33-21)24(31)29-19-3-1-2-18-15-30(25(32)23(18)19)13-10-16-4-6-17(7-5-16)14-22-27-11-12-28-22/h1-9H,10-15H2,(H,27,28)(H,29,31). The summed E-state index contributed by atoms with van der Waals surface area (Å²) in [4.78, 5) is 32.5. The van der Waals surface area contributed by atoms with Crippen LogP contribution < -0.4 is 10.6 Å². The first-order valence-electron chi connectivity index (χ1n) is 10.9. The van der Waals surface area contributed by atoms with Crippen LogP contribution in [-0.2, 0) is 19.4 Å². The largest absolute Gasteiger partial charge is 0.372 e. The van der Waals surface area contributed by atoms with E-state index in [4.69, 9.17) is 11.6 Å². The van der Waals surface area contributed by atoms with Crippen LogP contribution in [0.5, 0.6) is 0 Å². The molecule has 5 rings (SSSR count). The van der Waals surface area contributed by atoms with E-state index >= 15 is 0 Å². The van der Waals surface area contributed by atoms with Gasteiger partial charge < -0.3 is 15.5 Å². The van der Waals surface area contributed by atoms with Crippen molar-refractivity contribution in [2.45, 2.75) is 19.4 Å². The fourth-order valence-electron chi connectivity index (χ4n) is 4.17. The predicted molar refractivity (Wildman–Crippen MR) is 133 cm³/mol. The van der Waals surface area contributed by atoms with Crippen molar-refractivity contribution in [3.05, 3.63) is 86.1 Å². The van der Waals surface area contributed by atoms with Gasteiger partial charge in [-0.15, -0.1) is 11.3 Å². The molecule has 168 valence electrons. The quantitative estimate of drug-likeness (QED) is 0.528. The Morgan fingerprint density at radius 2 is 1.94 bits per heavy atom. The number of halogens is 1. The van der Waals surface area contributed by atoms with Crippen LogP contribution in [-0.4, -0.2) is 42.2 Å². The van der Waals surface area contributed by atoms with Gasteiger partial charge in [-0.1, -0.05) is 48.0 Å². The van der Waals surface area contributed by atoms with Crippen LogP contribution in [0.2, 0.25) is 4.34 Å². The summed E-state index contributed by atoms with van der Waals surface area (Å²) in [6.07, 6.45) is 1.60. The van der Waals surface area contributed by atoms with Gasteiger partial charge in [-0.25, -0.2) is 0 Å². The van der Waals surface area contributed by atoms with E-state index in [1.807, 2.05) is 17.0 Å². The topological polar surface area (TPSA) is 73.8 Å². The highest BCUT2D eigenvalue weighted by molar-refractivity contribution is 7.18. The Morgan fingerprint density at radius 3 is 2.67 bits per heavy atom. The number of carbonyl (C=O) groups excluding carboxylic acids is 2. The molecule has 0 radical (unpaired) electrons. The average molecular weight is 479 g/mol. The van der Waals surface area contributed by atoms with E-state index in [0.717, 1.165) is 37.3 Å². The monoisotopic (exact) mass is 478 g/mol. The smallest absolute Gasteiger partial charge is 0.265 e. The maximum atomic E-state index is 13.1. The van der Waals surface area contributed by atoms with Gasteiger partial charge in [0.2, 0.25) is 0 Å². The molecular formula is C25H23ClN4O2S. The highest BCUT2D eigenvalue weighted by atomic mass is 35.5. The molecule has 2 aliphatic rings. The molecule has 0 fully saturated rings. The second kappa shape index (κ2) is 9.37. The number of aliphatic imine (C=N–C) groups is 1. The minimum atomic E-state index is -0.259. The summed E-state index contributed by atoms with van der Waals surface area (Å²) in [7, 11) is 0. The zero-order valence-corrected chi connectivity index (χ0v) is 19.5. The lowest BCUT2D eigenvalue weighted by atomic mass is 10.1. The van der Waals surface area contributed by atoms with Crippen molar-refractivity contribution in [3.8, 4) is 0 Å². The van der Waals surface area contributed by atoms with E-state index in [-0.39, 0.29) is 11.8 Å². The van der Waals surface area contributed by atoms with Crippen LogP contribution in [0.4, 0.5) is 5.69 Å². The summed E-state index contributed by atoms with van der Waals surface area (Å²) < 4.78 is 0.553. The van der Waals surface area contributed by atoms with Gasteiger partial charge in [0, 0.05) is 26.1 Å². The van der Waals surface area contributed by atoms with Crippen molar-refractivity contribution in [2.75, 3.05) is 25.0 Å². The Hall–Kier alpha value is -3.16. The lowest BCUT2D eigenvalue weighted by Crippen LogP contribution is -2.27. The lowest BCUT2D eigenvalue weighted by molar-refractivity contribution is 0.0781. The summed E-state index contributed by atoms with van der Waals surface area (Å²) >= 11 is 7.16. The summed E-state index contributed by atoms with van der Waals surface area (Å²) in [6, 6.07) is 17.5. The summed E-state index contributed by atoms with van der Waals surface area (Å²) in [5.41, 5.74) is 4.47. The molecule has 2 N–H and O–H groups in total. The van der Waals surface area contributed by atoms with E-state index in [1.54, 1.807) is 18.2 Å². The van der Waals surface area contributed by atoms with Crippen molar-refractivity contribution in [3.63, 3.8) is 0 Å². The minimum absolute atomic E-state index is 0.0490. The number of nitrogens with one attached hydrogen (secondary N) is 2. The fraction of sp³-hybridized carbons (Fsp3) is 0.240. The number of hydrogen-bond acceptors (Lipinski definition) is 5. The first kappa shape index (κ1) is 21.7. The van der Waals surface area contributed by atoms with Crippen molar-refractivity contribution >= 4 is 46.3 Å². The SMILES string of the molecule is O=C(Nc1cccc2c1C(=O)N(CCc1ccc(CC3=NCCN3)cc1)C2)c1ccc(Cl)s1. The number of hydrogen-bond donors (Lipinski definition) is 2. The van der Waals surface area contributed by atoms with E-state index in [1.165, 1.54) is 22.5 Å². The lowest BCUT2D eigenvalue weighted by Gasteiger charge is -2.16. The van der Waals surface area contributed by atoms with Gasteiger partial charge in [-0.05, 0) is 41.3 Å². The molecule has 2 aliphatic heterocycles. The molecule has 0 spiro atoms. The van der Waals surface area contributed by atoms with Gasteiger partial charge >= 0.3 is 0 Å². The Kier molecular flexibility index (Phi) is 6.15. The van der Waals surface area contributed by atoms with E-state index in [0.29, 0.717) is 33.6 Å². The number of amides is 2. The Labute approximate surface area is 201 Å². The molecule has 0 bridgehead atoms. The number of amidine groups is 1. The third-order valence-electron chi connectivity index (χ3n) is 5.87. The Bertz CT molecular complexity index is 1240. The van der Waals surface area contributed by atoms with Gasteiger partial charge in [0.1, 0.15) is 5.84 Å². The first-order valence-corrected chi connectivity index (χ1v) is 12.1. The number of fused-ring (bicyclic) bond motifs is 1. The molecule has 0 saturated heterocycles. The molecule has 3 heterocycles. The van der Waals surface area contributed by atoms with Crippen LogP contribution in [0.15, 0.2) is 59.6 Å². The Morgan fingerprint density at radius 1 is 1.12 bits per heavy atom. The van der Waals surface area contributed by atoms with Crippen LogP contribution >= 0.6 is 22.9 Å². The average Bonchev–Trinajstić information content (AvgIpc) is 3.55. The molecule has 0 unspecified atom stereocenters. The van der Waals surface area contributed by atoms with Gasteiger partial charge in [0.15, 0.2) is 0 Å². The van der Waals surface area contributed by atoms with Gasteiger partial charge in [-0.2, -0.15) is 0 Å². The number of nitrogens with zero attached hydrogens (tertiary/aromatic N) is 2. The van der Waals surface area contributed by atoms with E-state index < -0.39 is 0 Å². The molecular weight excluding hydrogens is 456 g/mol. The predicted octanol–water partition coefficient (Wildman–Crippen LogP) is 4.40. The maximum Gasteiger partial charge on any atom is 0.265 e. The molecule has 0 saturated carbocycles. The van der Waals surface area contributed by atoms with Crippen molar-refractivity contribution in [2.24, 2.45) is 4.99 Å². The number of rotatable bonds is 7. The summed E-state index contributed by atoms with van der Waals surface area (Å²) in [5.74, 6) is 0.741. The number of thiophene rings is 1. The molecule has 6 nitrogen and oxygen atoms in total. The number of carbonyl (C=O) groups is 2. The summed E-state index contributed by atoms with van der Waals surface area (Å²) in [5, 5.41) is 6.18. The van der Waals surface area contributed by atoms with E-state index in [9.17, 15) is 9.59 Å². The van der Waals surface area contributed by atoms with Crippen LogP contribution in [0.1, 0.15) is 36.7 Å². The highest BCUT2D eigenvalue weighted by Gasteiger charge is 2.30. The number of anilines is 1. The molecule has 2 aromatic carbocycles. The second-order valence-corrected chi connectivity index (χ2v) is 9.84. The molecule has 0 aliphatic carbocycles. The van der Waals surface area contributed by atoms with Crippen LogP contribution in [0.25, 0.3) is 0 Å². The van der Waals surface area contributed by atoms with Crippen molar-refractivity contribution in [1.82, 2.24) is 10.2 Å². The third kappa shape index (κ3) is 4.79. The Balaban J connectivity index is 1.22. The number of benzene rings is 2. The van der Waals surface area contributed by atoms with Crippen LogP contribution in [0.3, 0.4) is 0 Å². The van der Waals surface area contributed by atoms with Crippen molar-refractivity contribution in [1.29, 1.82) is 0 Å². The highest BCUT2D eigenvalue weighted by Crippen LogP contribution is 2.30. The molecule has 1 aromatic heterocycles. The zero-order chi connectivity index (χ0) is 22.8. The van der Waals surface area contributed by atoms with Gasteiger partial charge in [0.25, 0.3) is 11.8 Å². The van der Waals surface area contributed by atoms with Gasteiger partial charge in [0.05, 0.1) is 27.0 Å². The fourth-order valence-corrected chi connectivity index (χ4v) is 5.11. The molecule has 2 amide bonds. The van der Waals surface area contributed by atoms with Crippen molar-refractivity contribution < 1.29 is 9.59 Å². The molecule has 0 atom stereocenters. The molecule has 33 heavy (non-hydrogen) atoms. The third-order valence-corrected chi connectivity index (χ3v) is 7.10. The summed E-state index contributed by atoms with van der Waals surface area (Å²) in [6.45, 7) is 2.95. The van der Waals surface area contributed by atoms with E-state index in [2.05, 4.69) is 39.9 Å². The normalized spacial score (nSPS) is 14.8. The minimum Gasteiger partial charge on any atom is -0.372 e. The molecule has 8 heteroatoms. The van der Waals surface area contributed by atoms with Crippen LogP contribution in [0, 0.1) is 0 Å². The zero-order valence-electron chi connectivity index (χ0n) is 17.9. The maximum absolute atomic E-state index is 13.1. The second-order valence-electron chi connectivity index (χ2n) is 8.12. The first-order chi connectivity index (χ1) is 16.1. The molecule has 3 aromatic rings. The van der Waals surface area contributed by atoms with Gasteiger partial charge in [-0.3, -0.25) is 14.6 Å².